The van der Waals surface area contributed by atoms with Gasteiger partial charge in [-0.2, -0.15) is 0 Å². The standard InChI is InChI=1S/C15H16O3/c16-15(17-11-13-7-3-1-4-8-13)18-12-14-9-5-2-6-10-14/h1-10,15-16H,11-12H2. The van der Waals surface area contributed by atoms with Gasteiger partial charge in [0.05, 0.1) is 13.2 Å². The van der Waals surface area contributed by atoms with Crippen LogP contribution in [-0.4, -0.2) is 11.6 Å². The lowest BCUT2D eigenvalue weighted by Gasteiger charge is -2.12. The van der Waals surface area contributed by atoms with E-state index in [0.29, 0.717) is 13.2 Å². The maximum atomic E-state index is 9.53. The molecular formula is C15H16O3. The number of hydrogen-bond donors (Lipinski definition) is 1. The van der Waals surface area contributed by atoms with Crippen LogP contribution >= 0.6 is 0 Å². The number of rotatable bonds is 6. The summed E-state index contributed by atoms with van der Waals surface area (Å²) in [5.41, 5.74) is 2.00. The van der Waals surface area contributed by atoms with E-state index >= 15 is 0 Å². The van der Waals surface area contributed by atoms with Crippen molar-refractivity contribution in [3.8, 4) is 0 Å². The quantitative estimate of drug-likeness (QED) is 0.794. The summed E-state index contributed by atoms with van der Waals surface area (Å²) in [6, 6.07) is 19.3. The fraction of sp³-hybridized carbons (Fsp3) is 0.200. The van der Waals surface area contributed by atoms with Gasteiger partial charge in [-0.15, -0.1) is 0 Å². The number of hydrogen-bond acceptors (Lipinski definition) is 3. The number of aliphatic hydroxyl groups is 1. The number of benzene rings is 2. The van der Waals surface area contributed by atoms with Gasteiger partial charge in [-0.25, -0.2) is 0 Å². The Labute approximate surface area is 107 Å². The van der Waals surface area contributed by atoms with Crippen molar-refractivity contribution in [2.45, 2.75) is 19.7 Å². The SMILES string of the molecule is OC(OCc1ccccc1)OCc1ccccc1. The van der Waals surface area contributed by atoms with E-state index in [1.54, 1.807) is 0 Å². The zero-order chi connectivity index (χ0) is 12.6. The lowest BCUT2D eigenvalue weighted by Crippen LogP contribution is -2.16. The van der Waals surface area contributed by atoms with E-state index in [1.807, 2.05) is 60.7 Å². The molecule has 0 saturated heterocycles. The molecule has 3 heteroatoms. The first-order valence-electron chi connectivity index (χ1n) is 5.84. The molecule has 0 radical (unpaired) electrons. The Bertz CT molecular complexity index is 398. The Morgan fingerprint density at radius 1 is 0.722 bits per heavy atom. The Balaban J connectivity index is 1.71. The van der Waals surface area contributed by atoms with Gasteiger partial charge in [-0.05, 0) is 11.1 Å². The van der Waals surface area contributed by atoms with Crippen LogP contribution in [0.15, 0.2) is 60.7 Å². The number of aliphatic hydroxyl groups excluding tert-OH is 1. The number of ether oxygens (including phenoxy) is 2. The van der Waals surface area contributed by atoms with Gasteiger partial charge in [0.25, 0.3) is 6.48 Å². The molecule has 0 spiro atoms. The van der Waals surface area contributed by atoms with E-state index in [0.717, 1.165) is 11.1 Å². The van der Waals surface area contributed by atoms with Gasteiger partial charge in [0.15, 0.2) is 0 Å². The first-order chi connectivity index (χ1) is 8.84. The molecule has 3 nitrogen and oxygen atoms in total. The van der Waals surface area contributed by atoms with Crippen molar-refractivity contribution in [3.05, 3.63) is 71.8 Å². The van der Waals surface area contributed by atoms with Crippen LogP contribution in [0.25, 0.3) is 0 Å². The third-order valence-corrected chi connectivity index (χ3v) is 2.47. The Kier molecular flexibility index (Phi) is 4.90. The van der Waals surface area contributed by atoms with E-state index in [1.165, 1.54) is 0 Å². The van der Waals surface area contributed by atoms with Crippen LogP contribution in [0.3, 0.4) is 0 Å². The second kappa shape index (κ2) is 6.91. The predicted molar refractivity (Wildman–Crippen MR) is 68.5 cm³/mol. The molecule has 0 unspecified atom stereocenters. The lowest BCUT2D eigenvalue weighted by atomic mass is 10.2. The average Bonchev–Trinajstić information content (AvgIpc) is 2.45. The summed E-state index contributed by atoms with van der Waals surface area (Å²) < 4.78 is 10.4. The molecule has 0 aliphatic rings. The summed E-state index contributed by atoms with van der Waals surface area (Å²) in [7, 11) is 0. The molecule has 0 saturated carbocycles. The minimum Gasteiger partial charge on any atom is -0.346 e. The van der Waals surface area contributed by atoms with Crippen molar-refractivity contribution in [2.75, 3.05) is 0 Å². The molecule has 0 aliphatic carbocycles. The van der Waals surface area contributed by atoms with Crippen LogP contribution in [0.4, 0.5) is 0 Å². The maximum absolute atomic E-state index is 9.53. The van der Waals surface area contributed by atoms with Crippen LogP contribution in [0.1, 0.15) is 11.1 Å². The fourth-order valence-corrected chi connectivity index (χ4v) is 1.53. The first-order valence-corrected chi connectivity index (χ1v) is 5.84. The molecule has 0 fully saturated rings. The minimum absolute atomic E-state index is 0.330. The third-order valence-electron chi connectivity index (χ3n) is 2.47. The Hall–Kier alpha value is -1.68. The van der Waals surface area contributed by atoms with E-state index < -0.39 is 6.48 Å². The summed E-state index contributed by atoms with van der Waals surface area (Å²) in [4.78, 5) is 0. The molecule has 0 aliphatic heterocycles. The van der Waals surface area contributed by atoms with Crippen molar-refractivity contribution in [1.82, 2.24) is 0 Å². The highest BCUT2D eigenvalue weighted by molar-refractivity contribution is 5.14. The van der Waals surface area contributed by atoms with Crippen molar-refractivity contribution in [1.29, 1.82) is 0 Å². The lowest BCUT2D eigenvalue weighted by molar-refractivity contribution is -0.273. The van der Waals surface area contributed by atoms with Crippen molar-refractivity contribution in [3.63, 3.8) is 0 Å². The molecular weight excluding hydrogens is 228 g/mol. The smallest absolute Gasteiger partial charge is 0.269 e. The van der Waals surface area contributed by atoms with Crippen molar-refractivity contribution in [2.24, 2.45) is 0 Å². The summed E-state index contributed by atoms with van der Waals surface area (Å²) in [6.45, 7) is -0.543. The van der Waals surface area contributed by atoms with Gasteiger partial charge in [-0.1, -0.05) is 60.7 Å². The highest BCUT2D eigenvalue weighted by Gasteiger charge is 2.04. The van der Waals surface area contributed by atoms with Crippen molar-refractivity contribution < 1.29 is 14.6 Å². The van der Waals surface area contributed by atoms with E-state index in [9.17, 15) is 5.11 Å². The highest BCUT2D eigenvalue weighted by Crippen LogP contribution is 2.06. The topological polar surface area (TPSA) is 38.7 Å². The van der Waals surface area contributed by atoms with Gasteiger partial charge in [-0.3, -0.25) is 0 Å². The van der Waals surface area contributed by atoms with Gasteiger partial charge in [0.1, 0.15) is 0 Å². The Morgan fingerprint density at radius 2 is 1.11 bits per heavy atom. The second-order valence-electron chi connectivity index (χ2n) is 3.90. The van der Waals surface area contributed by atoms with E-state index in [2.05, 4.69) is 0 Å². The molecule has 0 atom stereocenters. The van der Waals surface area contributed by atoms with Crippen LogP contribution in [-0.2, 0) is 22.7 Å². The molecule has 2 aromatic carbocycles. The normalized spacial score (nSPS) is 10.8. The maximum Gasteiger partial charge on any atom is 0.269 e. The summed E-state index contributed by atoms with van der Waals surface area (Å²) in [5.74, 6) is 0. The van der Waals surface area contributed by atoms with Gasteiger partial charge in [0, 0.05) is 0 Å². The minimum atomic E-state index is -1.20. The zero-order valence-electron chi connectivity index (χ0n) is 10.0. The van der Waals surface area contributed by atoms with E-state index in [4.69, 9.17) is 9.47 Å². The molecule has 18 heavy (non-hydrogen) atoms. The van der Waals surface area contributed by atoms with Crippen LogP contribution in [0, 0.1) is 0 Å². The summed E-state index contributed by atoms with van der Waals surface area (Å²) in [6.07, 6.45) is 0. The van der Waals surface area contributed by atoms with Crippen LogP contribution in [0.2, 0.25) is 0 Å². The first kappa shape index (κ1) is 12.8. The molecule has 0 aromatic heterocycles. The zero-order valence-corrected chi connectivity index (χ0v) is 10.0. The molecule has 2 rings (SSSR count). The molecule has 94 valence electrons. The highest BCUT2D eigenvalue weighted by atomic mass is 16.8. The molecule has 0 bridgehead atoms. The second-order valence-corrected chi connectivity index (χ2v) is 3.90. The Morgan fingerprint density at radius 3 is 1.50 bits per heavy atom. The van der Waals surface area contributed by atoms with Gasteiger partial charge in [0.2, 0.25) is 0 Å². The van der Waals surface area contributed by atoms with Gasteiger partial charge < -0.3 is 14.6 Å². The predicted octanol–water partition coefficient (Wildman–Crippen LogP) is 2.70. The van der Waals surface area contributed by atoms with Crippen molar-refractivity contribution >= 4 is 0 Å². The summed E-state index contributed by atoms with van der Waals surface area (Å²) >= 11 is 0. The largest absolute Gasteiger partial charge is 0.346 e. The van der Waals surface area contributed by atoms with Crippen LogP contribution in [0.5, 0.6) is 0 Å². The molecule has 0 heterocycles. The fourth-order valence-electron chi connectivity index (χ4n) is 1.53. The molecule has 2 aromatic rings. The van der Waals surface area contributed by atoms with E-state index in [-0.39, 0.29) is 0 Å². The molecule has 0 amide bonds. The third kappa shape index (κ3) is 4.30. The van der Waals surface area contributed by atoms with Crippen LogP contribution < -0.4 is 0 Å². The average molecular weight is 244 g/mol. The monoisotopic (exact) mass is 244 g/mol. The van der Waals surface area contributed by atoms with Gasteiger partial charge >= 0.3 is 0 Å². The summed E-state index contributed by atoms with van der Waals surface area (Å²) in [5, 5.41) is 9.53. The molecule has 1 N–H and O–H groups in total.